The van der Waals surface area contributed by atoms with Gasteiger partial charge in [0, 0.05) is 0 Å². The van der Waals surface area contributed by atoms with Crippen molar-refractivity contribution in [2.45, 2.75) is 26.9 Å². The van der Waals surface area contributed by atoms with Crippen LogP contribution in [-0.2, 0) is 22.6 Å². The highest BCUT2D eigenvalue weighted by Gasteiger charge is 2.16. The molecular weight excluding hydrogens is 374 g/mol. The molecule has 0 radical (unpaired) electrons. The first kappa shape index (κ1) is 20.1. The molecule has 0 atom stereocenters. The van der Waals surface area contributed by atoms with Gasteiger partial charge in [-0.05, 0) is 37.6 Å². The van der Waals surface area contributed by atoms with Gasteiger partial charge >= 0.3 is 5.97 Å². The molecule has 1 aromatic heterocycles. The van der Waals surface area contributed by atoms with Gasteiger partial charge in [0.05, 0.1) is 24.8 Å². The van der Waals surface area contributed by atoms with Gasteiger partial charge in [-0.25, -0.2) is 4.79 Å². The van der Waals surface area contributed by atoms with Gasteiger partial charge in [0.15, 0.2) is 12.4 Å². The quantitative estimate of drug-likeness (QED) is 0.613. The van der Waals surface area contributed by atoms with Crippen LogP contribution in [0.25, 0.3) is 0 Å². The van der Waals surface area contributed by atoms with Crippen molar-refractivity contribution in [3.8, 4) is 5.75 Å². The number of hydrogen-bond acceptors (Lipinski definition) is 7. The number of nitrogens with zero attached hydrogens (tertiary/aromatic N) is 2. The smallest absolute Gasteiger partial charge is 0.338 e. The normalized spacial score (nSPS) is 10.4. The number of carbonyl (C=O) groups excluding carboxylic acids is 2. The second-order valence-corrected chi connectivity index (χ2v) is 6.42. The molecule has 1 amide bonds. The summed E-state index contributed by atoms with van der Waals surface area (Å²) >= 11 is 0. The van der Waals surface area contributed by atoms with E-state index in [1.54, 1.807) is 30.3 Å². The molecule has 3 rings (SSSR count). The molecule has 0 spiro atoms. The molecule has 1 heterocycles. The van der Waals surface area contributed by atoms with E-state index in [9.17, 15) is 9.59 Å². The van der Waals surface area contributed by atoms with Crippen LogP contribution in [0.15, 0.2) is 47.0 Å². The van der Waals surface area contributed by atoms with Crippen molar-refractivity contribution in [3.63, 3.8) is 0 Å². The molecule has 1 N–H and O–H groups in total. The lowest BCUT2D eigenvalue weighted by Crippen LogP contribution is -2.15. The van der Waals surface area contributed by atoms with Gasteiger partial charge in [-0.15, -0.1) is 0 Å². The number of methoxy groups -OCH3 is 1. The molecule has 3 aromatic rings. The molecule has 0 aliphatic carbocycles. The minimum atomic E-state index is -0.476. The van der Waals surface area contributed by atoms with Crippen LogP contribution in [0.1, 0.15) is 33.2 Å². The minimum Gasteiger partial charge on any atom is -0.495 e. The summed E-state index contributed by atoms with van der Waals surface area (Å²) < 4.78 is 15.5. The summed E-state index contributed by atoms with van der Waals surface area (Å²) in [6.07, 6.45) is -0.0907. The molecule has 0 unspecified atom stereocenters. The third-order valence-electron chi connectivity index (χ3n) is 4.14. The summed E-state index contributed by atoms with van der Waals surface area (Å²) in [4.78, 5) is 28.5. The van der Waals surface area contributed by atoms with Gasteiger partial charge in [0.2, 0.25) is 5.91 Å². The number of hydrogen-bond donors (Lipinski definition) is 1. The average Bonchev–Trinajstić information content (AvgIpc) is 3.13. The number of rotatable bonds is 7. The number of carbonyl (C=O) groups is 2. The van der Waals surface area contributed by atoms with E-state index in [1.807, 2.05) is 26.0 Å². The number of aryl methyl sites for hydroxylation is 2. The van der Waals surface area contributed by atoms with Crippen LogP contribution in [0.5, 0.6) is 5.75 Å². The first-order valence-corrected chi connectivity index (χ1v) is 8.95. The molecule has 0 aliphatic heterocycles. The molecule has 0 bridgehead atoms. The standard InChI is InChI=1S/C21H21N3O5/c1-13-8-9-15(14(2)10-13)21(26)28-12-20-23-18(24-29-20)11-19(25)22-16-6-4-5-7-17(16)27-3/h4-10H,11-12H2,1-3H3,(H,22,25). The lowest BCUT2D eigenvalue weighted by atomic mass is 10.1. The van der Waals surface area contributed by atoms with E-state index in [0.29, 0.717) is 17.0 Å². The van der Waals surface area contributed by atoms with Gasteiger partial charge in [-0.3, -0.25) is 4.79 Å². The largest absolute Gasteiger partial charge is 0.495 e. The van der Waals surface area contributed by atoms with Gasteiger partial charge in [-0.1, -0.05) is 35.0 Å². The van der Waals surface area contributed by atoms with Crippen molar-refractivity contribution in [1.29, 1.82) is 0 Å². The highest BCUT2D eigenvalue weighted by Crippen LogP contribution is 2.23. The third-order valence-corrected chi connectivity index (χ3v) is 4.14. The lowest BCUT2D eigenvalue weighted by Gasteiger charge is -2.08. The molecule has 150 valence electrons. The Balaban J connectivity index is 1.55. The number of esters is 1. The maximum absolute atomic E-state index is 12.2. The topological polar surface area (TPSA) is 104 Å². The van der Waals surface area contributed by atoms with Crippen molar-refractivity contribution in [2.75, 3.05) is 12.4 Å². The molecule has 2 aromatic carbocycles. The van der Waals surface area contributed by atoms with Crippen LogP contribution >= 0.6 is 0 Å². The van der Waals surface area contributed by atoms with Crippen LogP contribution in [-0.4, -0.2) is 29.1 Å². The minimum absolute atomic E-state index is 0.0907. The molecule has 0 saturated heterocycles. The fourth-order valence-electron chi connectivity index (χ4n) is 2.75. The molecule has 0 aliphatic rings. The van der Waals surface area contributed by atoms with Crippen molar-refractivity contribution in [2.24, 2.45) is 0 Å². The Morgan fingerprint density at radius 3 is 2.69 bits per heavy atom. The fourth-order valence-corrected chi connectivity index (χ4v) is 2.75. The molecule has 8 nitrogen and oxygen atoms in total. The Labute approximate surface area is 167 Å². The van der Waals surface area contributed by atoms with Crippen LogP contribution in [0.4, 0.5) is 5.69 Å². The van der Waals surface area contributed by atoms with E-state index in [0.717, 1.165) is 11.1 Å². The number of para-hydroxylation sites is 2. The lowest BCUT2D eigenvalue weighted by molar-refractivity contribution is -0.115. The summed E-state index contributed by atoms with van der Waals surface area (Å²) in [5, 5.41) is 6.48. The van der Waals surface area contributed by atoms with Crippen LogP contribution in [0.2, 0.25) is 0 Å². The van der Waals surface area contributed by atoms with Gasteiger partial charge in [0.1, 0.15) is 5.75 Å². The average molecular weight is 395 g/mol. The zero-order valence-electron chi connectivity index (χ0n) is 16.4. The predicted molar refractivity (Wildman–Crippen MR) is 105 cm³/mol. The summed E-state index contributed by atoms with van der Waals surface area (Å²) in [6.45, 7) is 3.62. The van der Waals surface area contributed by atoms with Gasteiger partial charge in [-0.2, -0.15) is 4.98 Å². The number of benzene rings is 2. The zero-order valence-corrected chi connectivity index (χ0v) is 16.4. The summed E-state index contributed by atoms with van der Waals surface area (Å²) in [5.74, 6) is 0.0522. The fraction of sp³-hybridized carbons (Fsp3) is 0.238. The number of aromatic nitrogens is 2. The van der Waals surface area contributed by atoms with E-state index in [2.05, 4.69) is 15.5 Å². The predicted octanol–water partition coefficient (Wildman–Crippen LogP) is 3.23. The molecule has 8 heteroatoms. The maximum Gasteiger partial charge on any atom is 0.338 e. The molecular formula is C21H21N3O5. The Hall–Kier alpha value is -3.68. The van der Waals surface area contributed by atoms with Crippen molar-refractivity contribution in [1.82, 2.24) is 10.1 Å². The second kappa shape index (κ2) is 9.01. The first-order chi connectivity index (χ1) is 14.0. The van der Waals surface area contributed by atoms with E-state index >= 15 is 0 Å². The summed E-state index contributed by atoms with van der Waals surface area (Å²) in [6, 6.07) is 12.5. The zero-order chi connectivity index (χ0) is 20.8. The van der Waals surface area contributed by atoms with Crippen LogP contribution in [0.3, 0.4) is 0 Å². The molecule has 0 fully saturated rings. The van der Waals surface area contributed by atoms with Gasteiger partial charge in [0.25, 0.3) is 5.89 Å². The SMILES string of the molecule is COc1ccccc1NC(=O)Cc1noc(COC(=O)c2ccc(C)cc2C)n1. The second-order valence-electron chi connectivity index (χ2n) is 6.42. The highest BCUT2D eigenvalue weighted by molar-refractivity contribution is 5.93. The Bertz CT molecular complexity index is 1030. The highest BCUT2D eigenvalue weighted by atomic mass is 16.6. The summed E-state index contributed by atoms with van der Waals surface area (Å²) in [7, 11) is 1.52. The Kier molecular flexibility index (Phi) is 6.23. The summed E-state index contributed by atoms with van der Waals surface area (Å²) in [5.41, 5.74) is 2.92. The third kappa shape index (κ3) is 5.19. The number of nitrogens with one attached hydrogen (secondary N) is 1. The number of amides is 1. The maximum atomic E-state index is 12.2. The van der Waals surface area contributed by atoms with Crippen molar-refractivity contribution in [3.05, 3.63) is 70.9 Å². The van der Waals surface area contributed by atoms with Crippen molar-refractivity contribution < 1.29 is 23.6 Å². The van der Waals surface area contributed by atoms with Crippen LogP contribution in [0, 0.1) is 13.8 Å². The molecule has 29 heavy (non-hydrogen) atoms. The Morgan fingerprint density at radius 1 is 1.14 bits per heavy atom. The van der Waals surface area contributed by atoms with E-state index in [4.69, 9.17) is 14.0 Å². The Morgan fingerprint density at radius 2 is 1.93 bits per heavy atom. The first-order valence-electron chi connectivity index (χ1n) is 8.95. The number of ether oxygens (including phenoxy) is 2. The number of anilines is 1. The van der Waals surface area contributed by atoms with Crippen LogP contribution < -0.4 is 10.1 Å². The van der Waals surface area contributed by atoms with E-state index in [1.165, 1.54) is 7.11 Å². The van der Waals surface area contributed by atoms with E-state index in [-0.39, 0.29) is 30.7 Å². The monoisotopic (exact) mass is 395 g/mol. The van der Waals surface area contributed by atoms with E-state index < -0.39 is 5.97 Å². The van der Waals surface area contributed by atoms with Gasteiger partial charge < -0.3 is 19.3 Å². The molecule has 0 saturated carbocycles. The van der Waals surface area contributed by atoms with Crippen molar-refractivity contribution >= 4 is 17.6 Å².